The SMILES string of the molecule is COc1cccc2c1C(=O)c1c(O)c3c(c(O)c1C2=O)CC(C(=O)CO)C[C@@H]3OC1CC[C@H](O)CO1. The molecular weight excluding hydrogens is 472 g/mol. The lowest BCUT2D eigenvalue weighted by atomic mass is 9.73. The van der Waals surface area contributed by atoms with E-state index in [-0.39, 0.29) is 58.6 Å². The Kier molecular flexibility index (Phi) is 6.29. The van der Waals surface area contributed by atoms with Gasteiger partial charge in [0.05, 0.1) is 42.6 Å². The van der Waals surface area contributed by atoms with Gasteiger partial charge in [-0.05, 0) is 25.3 Å². The van der Waals surface area contributed by atoms with Gasteiger partial charge in [0.2, 0.25) is 5.78 Å². The number of carbonyl (C=O) groups is 3. The van der Waals surface area contributed by atoms with Crippen LogP contribution < -0.4 is 4.74 Å². The van der Waals surface area contributed by atoms with E-state index in [1.807, 2.05) is 0 Å². The van der Waals surface area contributed by atoms with Gasteiger partial charge in [0.25, 0.3) is 0 Å². The number of rotatable bonds is 5. The van der Waals surface area contributed by atoms with Crippen molar-refractivity contribution in [1.29, 1.82) is 0 Å². The molecule has 1 saturated heterocycles. The number of aromatic hydroxyl groups is 2. The van der Waals surface area contributed by atoms with Crippen LogP contribution in [0.25, 0.3) is 0 Å². The largest absolute Gasteiger partial charge is 0.507 e. The van der Waals surface area contributed by atoms with E-state index in [0.29, 0.717) is 12.8 Å². The van der Waals surface area contributed by atoms with E-state index < -0.39 is 59.9 Å². The number of hydrogen-bond donors (Lipinski definition) is 4. The molecule has 0 aromatic heterocycles. The molecule has 10 nitrogen and oxygen atoms in total. The molecule has 5 rings (SSSR count). The maximum atomic E-state index is 13.6. The zero-order valence-electron chi connectivity index (χ0n) is 19.5. The van der Waals surface area contributed by atoms with E-state index in [4.69, 9.17) is 14.2 Å². The molecule has 2 unspecified atom stereocenters. The Balaban J connectivity index is 1.66. The van der Waals surface area contributed by atoms with Crippen molar-refractivity contribution in [2.45, 2.75) is 44.2 Å². The molecule has 1 aliphatic heterocycles. The number of hydrogen-bond acceptors (Lipinski definition) is 10. The van der Waals surface area contributed by atoms with Crippen molar-refractivity contribution in [2.75, 3.05) is 20.3 Å². The molecule has 2 aliphatic carbocycles. The Morgan fingerprint density at radius 2 is 1.83 bits per heavy atom. The van der Waals surface area contributed by atoms with Crippen molar-refractivity contribution in [3.8, 4) is 17.2 Å². The molecule has 190 valence electrons. The number of aliphatic hydroxyl groups is 2. The molecule has 0 bridgehead atoms. The molecule has 3 aliphatic rings. The second-order valence-electron chi connectivity index (χ2n) is 9.26. The third-order valence-corrected chi connectivity index (χ3v) is 7.17. The quantitative estimate of drug-likeness (QED) is 0.380. The minimum Gasteiger partial charge on any atom is -0.507 e. The number of ether oxygens (including phenoxy) is 3. The molecule has 0 saturated carbocycles. The third kappa shape index (κ3) is 3.77. The number of benzene rings is 2. The first-order chi connectivity index (χ1) is 17.3. The Morgan fingerprint density at radius 3 is 2.50 bits per heavy atom. The first kappa shape index (κ1) is 24.4. The number of carbonyl (C=O) groups excluding carboxylic acids is 3. The normalized spacial score (nSPS) is 25.1. The molecule has 36 heavy (non-hydrogen) atoms. The molecule has 4 atom stereocenters. The van der Waals surface area contributed by atoms with Gasteiger partial charge in [-0.3, -0.25) is 14.4 Å². The van der Waals surface area contributed by atoms with Gasteiger partial charge >= 0.3 is 0 Å². The summed E-state index contributed by atoms with van der Waals surface area (Å²) in [7, 11) is 1.36. The average Bonchev–Trinajstić information content (AvgIpc) is 2.89. The van der Waals surface area contributed by atoms with Gasteiger partial charge in [-0.1, -0.05) is 12.1 Å². The summed E-state index contributed by atoms with van der Waals surface area (Å²) in [5.74, 6) is -3.44. The van der Waals surface area contributed by atoms with Crippen molar-refractivity contribution in [3.05, 3.63) is 51.6 Å². The summed E-state index contributed by atoms with van der Waals surface area (Å²) < 4.78 is 16.9. The van der Waals surface area contributed by atoms with Gasteiger partial charge in [0, 0.05) is 29.0 Å². The van der Waals surface area contributed by atoms with Gasteiger partial charge in [0.1, 0.15) is 23.9 Å². The molecule has 0 radical (unpaired) electrons. The standard InChI is InChI=1S/C26H26O10/c1-34-16-4-2-3-13-19(16)25(32)22-21(23(13)30)24(31)14-7-11(15(29)9-27)8-17(20(14)26(22)33)36-18-6-5-12(28)10-35-18/h2-4,11-12,17-18,27-28,31,33H,5-10H2,1H3/t11?,12-,17-,18?/m0/s1. The van der Waals surface area contributed by atoms with Crippen LogP contribution in [0.2, 0.25) is 0 Å². The van der Waals surface area contributed by atoms with Crippen molar-refractivity contribution in [3.63, 3.8) is 0 Å². The fourth-order valence-corrected chi connectivity index (χ4v) is 5.38. The average molecular weight is 498 g/mol. The minimum absolute atomic E-state index is 0.0154. The lowest BCUT2D eigenvalue weighted by Gasteiger charge is -2.36. The zero-order chi connectivity index (χ0) is 25.7. The Bertz CT molecular complexity index is 1260. The topological polar surface area (TPSA) is 160 Å². The van der Waals surface area contributed by atoms with Crippen molar-refractivity contribution in [1.82, 2.24) is 0 Å². The van der Waals surface area contributed by atoms with E-state index in [0.717, 1.165) is 0 Å². The molecule has 2 aromatic rings. The molecule has 10 heteroatoms. The lowest BCUT2D eigenvalue weighted by molar-refractivity contribution is -0.213. The van der Waals surface area contributed by atoms with Crippen LogP contribution in [0, 0.1) is 5.92 Å². The van der Waals surface area contributed by atoms with Crippen molar-refractivity contribution >= 4 is 17.3 Å². The maximum Gasteiger partial charge on any atom is 0.202 e. The predicted molar refractivity (Wildman–Crippen MR) is 122 cm³/mol. The summed E-state index contributed by atoms with van der Waals surface area (Å²) in [4.78, 5) is 39.4. The lowest BCUT2D eigenvalue weighted by Crippen LogP contribution is -2.35. The molecule has 2 aromatic carbocycles. The van der Waals surface area contributed by atoms with Crippen LogP contribution >= 0.6 is 0 Å². The highest BCUT2D eigenvalue weighted by molar-refractivity contribution is 6.31. The fraction of sp³-hybridized carbons (Fsp3) is 0.423. The van der Waals surface area contributed by atoms with E-state index in [1.165, 1.54) is 19.2 Å². The number of aliphatic hydroxyl groups excluding tert-OH is 2. The summed E-state index contributed by atoms with van der Waals surface area (Å²) in [5.41, 5.74) is -0.473. The number of Topliss-reactive ketones (excluding diaryl/α,β-unsaturated/α-hetero) is 1. The van der Waals surface area contributed by atoms with Crippen LogP contribution in [-0.4, -0.2) is 70.5 Å². The first-order valence-corrected chi connectivity index (χ1v) is 11.7. The summed E-state index contributed by atoms with van der Waals surface area (Å²) in [6.07, 6.45) is -1.59. The Hall–Kier alpha value is -3.31. The van der Waals surface area contributed by atoms with Gasteiger partial charge in [-0.15, -0.1) is 0 Å². The van der Waals surface area contributed by atoms with Crippen LogP contribution in [0.4, 0.5) is 0 Å². The van der Waals surface area contributed by atoms with Crippen LogP contribution in [0.15, 0.2) is 18.2 Å². The molecule has 1 fully saturated rings. The highest BCUT2D eigenvalue weighted by Gasteiger charge is 2.44. The van der Waals surface area contributed by atoms with Crippen LogP contribution in [0.3, 0.4) is 0 Å². The van der Waals surface area contributed by atoms with Gasteiger partial charge in [-0.2, -0.15) is 0 Å². The van der Waals surface area contributed by atoms with Crippen LogP contribution in [-0.2, 0) is 20.7 Å². The summed E-state index contributed by atoms with van der Waals surface area (Å²) in [6, 6.07) is 4.51. The molecule has 0 amide bonds. The Labute approximate surface area is 206 Å². The number of fused-ring (bicyclic) bond motifs is 3. The first-order valence-electron chi connectivity index (χ1n) is 11.7. The van der Waals surface area contributed by atoms with Gasteiger partial charge in [-0.25, -0.2) is 0 Å². The summed E-state index contributed by atoms with van der Waals surface area (Å²) >= 11 is 0. The number of methoxy groups -OCH3 is 1. The molecule has 0 spiro atoms. The monoisotopic (exact) mass is 498 g/mol. The smallest absolute Gasteiger partial charge is 0.202 e. The molecular formula is C26H26O10. The predicted octanol–water partition coefficient (Wildman–Crippen LogP) is 1.56. The van der Waals surface area contributed by atoms with E-state index in [1.54, 1.807) is 6.07 Å². The second kappa shape index (κ2) is 9.29. The zero-order valence-corrected chi connectivity index (χ0v) is 19.5. The third-order valence-electron chi connectivity index (χ3n) is 7.17. The number of ketones is 3. The van der Waals surface area contributed by atoms with Gasteiger partial charge < -0.3 is 34.6 Å². The second-order valence-corrected chi connectivity index (χ2v) is 9.26. The fourth-order valence-electron chi connectivity index (χ4n) is 5.38. The van der Waals surface area contributed by atoms with Crippen LogP contribution in [0.1, 0.15) is 68.3 Å². The molecule has 4 N–H and O–H groups in total. The summed E-state index contributed by atoms with van der Waals surface area (Å²) in [5, 5.41) is 41.8. The maximum absolute atomic E-state index is 13.6. The van der Waals surface area contributed by atoms with E-state index in [9.17, 15) is 34.8 Å². The van der Waals surface area contributed by atoms with Crippen LogP contribution in [0.5, 0.6) is 17.2 Å². The van der Waals surface area contributed by atoms with E-state index in [2.05, 4.69) is 0 Å². The van der Waals surface area contributed by atoms with Gasteiger partial charge in [0.15, 0.2) is 17.9 Å². The Morgan fingerprint density at radius 1 is 1.08 bits per heavy atom. The van der Waals surface area contributed by atoms with E-state index >= 15 is 0 Å². The number of phenolic OH excluding ortho intramolecular Hbond substituents is 2. The highest BCUT2D eigenvalue weighted by atomic mass is 16.7. The number of phenols is 2. The summed E-state index contributed by atoms with van der Waals surface area (Å²) in [6.45, 7) is -0.671. The van der Waals surface area contributed by atoms with Crippen molar-refractivity contribution in [2.24, 2.45) is 5.92 Å². The molecule has 1 heterocycles. The minimum atomic E-state index is -0.979. The highest BCUT2D eigenvalue weighted by Crippen LogP contribution is 2.51. The van der Waals surface area contributed by atoms with Crippen molar-refractivity contribution < 1.29 is 49.0 Å².